The van der Waals surface area contributed by atoms with E-state index in [1.54, 1.807) is 35.4 Å². The zero-order valence-electron chi connectivity index (χ0n) is 14.6. The van der Waals surface area contributed by atoms with E-state index in [0.29, 0.717) is 42.3 Å². The quantitative estimate of drug-likeness (QED) is 0.895. The van der Waals surface area contributed by atoms with Crippen LogP contribution in [0.3, 0.4) is 0 Å². The zero-order valence-corrected chi connectivity index (χ0v) is 14.6. The Morgan fingerprint density at radius 2 is 2.11 bits per heavy atom. The van der Waals surface area contributed by atoms with Crippen LogP contribution in [0.4, 0.5) is 10.5 Å². The van der Waals surface area contributed by atoms with Gasteiger partial charge in [0, 0.05) is 30.8 Å². The molecular weight excluding hydrogens is 342 g/mol. The molecule has 4 rings (SSSR count). The van der Waals surface area contributed by atoms with Gasteiger partial charge in [-0.05, 0) is 12.1 Å². The first-order valence-electron chi connectivity index (χ1n) is 8.65. The number of carbonyl (C=O) groups excluding carboxylic acids is 2. The average molecular weight is 359 g/mol. The van der Waals surface area contributed by atoms with E-state index < -0.39 is 0 Å². The van der Waals surface area contributed by atoms with Gasteiger partial charge in [0.25, 0.3) is 0 Å². The van der Waals surface area contributed by atoms with Crippen molar-refractivity contribution in [2.45, 2.75) is 6.42 Å². The highest BCUT2D eigenvalue weighted by atomic mass is 16.2. The average Bonchev–Trinajstić information content (AvgIpc) is 2.69. The predicted molar refractivity (Wildman–Crippen MR) is 101 cm³/mol. The summed E-state index contributed by atoms with van der Waals surface area (Å²) in [5.41, 5.74) is 2.45. The fraction of sp³-hybridized carbons (Fsp3) is 0.200. The first-order valence-corrected chi connectivity index (χ1v) is 8.65. The molecule has 0 saturated heterocycles. The maximum atomic E-state index is 13.3. The van der Waals surface area contributed by atoms with Gasteiger partial charge in [0.05, 0.1) is 30.0 Å². The molecule has 0 aliphatic carbocycles. The van der Waals surface area contributed by atoms with Gasteiger partial charge in [-0.2, -0.15) is 5.26 Å². The van der Waals surface area contributed by atoms with E-state index in [-0.39, 0.29) is 18.4 Å². The second kappa shape index (κ2) is 6.92. The summed E-state index contributed by atoms with van der Waals surface area (Å²) in [4.78, 5) is 32.3. The van der Waals surface area contributed by atoms with Gasteiger partial charge in [0.15, 0.2) is 5.78 Å². The van der Waals surface area contributed by atoms with Crippen LogP contribution in [0.25, 0.3) is 0 Å². The van der Waals surface area contributed by atoms with E-state index in [1.165, 1.54) is 11.0 Å². The van der Waals surface area contributed by atoms with Crippen molar-refractivity contribution < 1.29 is 9.59 Å². The Hall–Kier alpha value is -3.66. The minimum Gasteiger partial charge on any atom is -0.367 e. The maximum Gasteiger partial charge on any atom is 0.330 e. The van der Waals surface area contributed by atoms with Gasteiger partial charge in [0.1, 0.15) is 11.9 Å². The summed E-state index contributed by atoms with van der Waals surface area (Å²) < 4.78 is 0. The van der Waals surface area contributed by atoms with Crippen LogP contribution in [0, 0.1) is 11.3 Å². The summed E-state index contributed by atoms with van der Waals surface area (Å²) in [7, 11) is 0. The Bertz CT molecular complexity index is 980. The van der Waals surface area contributed by atoms with Gasteiger partial charge >= 0.3 is 6.03 Å². The molecule has 1 N–H and O–H groups in total. The van der Waals surface area contributed by atoms with Gasteiger partial charge in [-0.25, -0.2) is 9.69 Å². The van der Waals surface area contributed by atoms with Gasteiger partial charge in [0.2, 0.25) is 0 Å². The minimum atomic E-state index is -0.256. The summed E-state index contributed by atoms with van der Waals surface area (Å²) in [6, 6.07) is 8.91. The summed E-state index contributed by atoms with van der Waals surface area (Å²) in [5.74, 6) is 0.675. The first-order chi connectivity index (χ1) is 13.2. The van der Waals surface area contributed by atoms with Crippen molar-refractivity contribution in [2.75, 3.05) is 24.5 Å². The van der Waals surface area contributed by atoms with E-state index in [0.717, 1.165) is 5.57 Å². The lowest BCUT2D eigenvalue weighted by molar-refractivity contribution is -0.113. The molecule has 0 saturated carbocycles. The Labute approximate surface area is 156 Å². The van der Waals surface area contributed by atoms with Crippen LogP contribution in [0.1, 0.15) is 12.0 Å². The molecule has 0 atom stereocenters. The second-order valence-corrected chi connectivity index (χ2v) is 6.38. The predicted octanol–water partition coefficient (Wildman–Crippen LogP) is 2.10. The number of carbonyl (C=O) groups is 2. The molecule has 0 spiro atoms. The molecule has 134 valence electrons. The Balaban J connectivity index is 1.74. The number of benzene rings is 1. The molecule has 0 bridgehead atoms. The molecule has 2 amide bonds. The van der Waals surface area contributed by atoms with Crippen LogP contribution < -0.4 is 10.2 Å². The third kappa shape index (κ3) is 3.13. The standard InChI is InChI=1S/C20H17N5O2/c21-11-14-4-1-2-6-18(14)25-19-15(5-3-8-23-19)12-24(20(25)27)13-16-10-17(26)7-9-22-16/h1-6,9-10,23H,7-8,12-13H2. The molecule has 3 aliphatic rings. The van der Waals surface area contributed by atoms with Gasteiger partial charge in [-0.3, -0.25) is 9.79 Å². The number of anilines is 1. The lowest BCUT2D eigenvalue weighted by Gasteiger charge is -2.39. The van der Waals surface area contributed by atoms with E-state index in [9.17, 15) is 14.9 Å². The van der Waals surface area contributed by atoms with Crippen LogP contribution in [0.2, 0.25) is 0 Å². The van der Waals surface area contributed by atoms with Crippen LogP contribution in [0.15, 0.2) is 64.6 Å². The molecule has 3 heterocycles. The number of rotatable bonds is 3. The number of urea groups is 1. The van der Waals surface area contributed by atoms with E-state index >= 15 is 0 Å². The number of dihydropyridines is 1. The summed E-state index contributed by atoms with van der Waals surface area (Å²) >= 11 is 0. The third-order valence-corrected chi connectivity index (χ3v) is 4.55. The van der Waals surface area contributed by atoms with E-state index in [1.807, 2.05) is 12.2 Å². The Kier molecular flexibility index (Phi) is 4.30. The summed E-state index contributed by atoms with van der Waals surface area (Å²) in [6.45, 7) is 1.25. The fourth-order valence-corrected chi connectivity index (χ4v) is 3.34. The van der Waals surface area contributed by atoms with Crippen LogP contribution >= 0.6 is 0 Å². The molecule has 7 heteroatoms. The molecular formula is C20H17N5O2. The van der Waals surface area contributed by atoms with Crippen LogP contribution in [0.5, 0.6) is 0 Å². The lowest BCUT2D eigenvalue weighted by atomic mass is 10.1. The highest BCUT2D eigenvalue weighted by Crippen LogP contribution is 2.31. The molecule has 7 nitrogen and oxygen atoms in total. The second-order valence-electron chi connectivity index (χ2n) is 6.38. The molecule has 0 radical (unpaired) electrons. The highest BCUT2D eigenvalue weighted by Gasteiger charge is 2.35. The van der Waals surface area contributed by atoms with Crippen molar-refractivity contribution in [3.05, 3.63) is 65.1 Å². The summed E-state index contributed by atoms with van der Waals surface area (Å²) in [6.07, 6.45) is 7.32. The lowest BCUT2D eigenvalue weighted by Crippen LogP contribution is -2.52. The molecule has 0 fully saturated rings. The zero-order chi connectivity index (χ0) is 18.8. The van der Waals surface area contributed by atoms with Crippen LogP contribution in [-0.2, 0) is 4.79 Å². The number of aliphatic imine (C=N–C) groups is 1. The van der Waals surface area contributed by atoms with E-state index in [2.05, 4.69) is 16.4 Å². The molecule has 1 aromatic carbocycles. The van der Waals surface area contributed by atoms with Gasteiger partial charge in [-0.1, -0.05) is 24.3 Å². The molecule has 0 unspecified atom stereocenters. The number of hydrogen-bond donors (Lipinski definition) is 1. The fourth-order valence-electron chi connectivity index (χ4n) is 3.34. The molecule has 0 aromatic heterocycles. The highest BCUT2D eigenvalue weighted by molar-refractivity contribution is 6.02. The number of para-hydroxylation sites is 1. The molecule has 27 heavy (non-hydrogen) atoms. The van der Waals surface area contributed by atoms with Crippen molar-refractivity contribution in [3.8, 4) is 6.07 Å². The number of ketones is 1. The Morgan fingerprint density at radius 3 is 2.93 bits per heavy atom. The third-order valence-electron chi connectivity index (χ3n) is 4.55. The van der Waals surface area contributed by atoms with Gasteiger partial charge < -0.3 is 10.2 Å². The van der Waals surface area contributed by atoms with Crippen molar-refractivity contribution in [2.24, 2.45) is 4.99 Å². The number of nitrogens with one attached hydrogen (secondary N) is 1. The van der Waals surface area contributed by atoms with Crippen molar-refractivity contribution in [1.29, 1.82) is 5.26 Å². The van der Waals surface area contributed by atoms with Crippen molar-refractivity contribution in [3.63, 3.8) is 0 Å². The molecule has 3 aliphatic heterocycles. The minimum absolute atomic E-state index is 0.0183. The molecule has 1 aromatic rings. The van der Waals surface area contributed by atoms with Crippen LogP contribution in [-0.4, -0.2) is 42.6 Å². The largest absolute Gasteiger partial charge is 0.367 e. The number of allylic oxidation sites excluding steroid dienone is 1. The monoisotopic (exact) mass is 359 g/mol. The Morgan fingerprint density at radius 1 is 1.26 bits per heavy atom. The van der Waals surface area contributed by atoms with Crippen molar-refractivity contribution in [1.82, 2.24) is 10.2 Å². The van der Waals surface area contributed by atoms with Crippen molar-refractivity contribution >= 4 is 23.7 Å². The summed E-state index contributed by atoms with van der Waals surface area (Å²) in [5, 5.41) is 12.7. The first kappa shape index (κ1) is 16.8. The normalized spacial score (nSPS) is 18.9. The number of hydrogen-bond acceptors (Lipinski definition) is 5. The maximum absolute atomic E-state index is 13.3. The number of nitrogens with zero attached hydrogens (tertiary/aromatic N) is 4. The number of nitriles is 1. The van der Waals surface area contributed by atoms with E-state index in [4.69, 9.17) is 0 Å². The number of amides is 2. The van der Waals surface area contributed by atoms with Gasteiger partial charge in [-0.15, -0.1) is 0 Å². The smallest absolute Gasteiger partial charge is 0.330 e. The SMILES string of the molecule is N#Cc1ccccc1N1C(=O)N(CC2=CC(=O)CC=N2)CC2=C1NCC=C2. The topological polar surface area (TPSA) is 88.8 Å².